The third-order valence-corrected chi connectivity index (χ3v) is 2.23. The number of hydrogen-bond acceptors (Lipinski definition) is 2. The van der Waals surface area contributed by atoms with E-state index in [4.69, 9.17) is 5.26 Å². The minimum absolute atomic E-state index is 0.682. The van der Waals surface area contributed by atoms with Crippen molar-refractivity contribution >= 4 is 21.6 Å². The zero-order valence-electron chi connectivity index (χ0n) is 7.00. The van der Waals surface area contributed by atoms with Gasteiger partial charge >= 0.3 is 0 Å². The molecule has 0 atom stereocenters. The molecule has 3 heteroatoms. The number of hydrogen-bond donors (Lipinski definition) is 0. The minimum atomic E-state index is 0.682. The van der Waals surface area contributed by atoms with Gasteiger partial charge in [0, 0.05) is 18.6 Å². The molecule has 0 aliphatic heterocycles. The lowest BCUT2D eigenvalue weighted by molar-refractivity contribution is 1.12. The van der Waals surface area contributed by atoms with E-state index in [-0.39, 0.29) is 0 Å². The SMILES string of the molecule is CN(C)c1cc(C#N)ccc1Br. The van der Waals surface area contributed by atoms with Gasteiger partial charge in [-0.15, -0.1) is 0 Å². The highest BCUT2D eigenvalue weighted by molar-refractivity contribution is 9.10. The monoisotopic (exact) mass is 224 g/mol. The third-order valence-electron chi connectivity index (χ3n) is 1.56. The van der Waals surface area contributed by atoms with Crippen molar-refractivity contribution in [1.82, 2.24) is 0 Å². The summed E-state index contributed by atoms with van der Waals surface area (Å²) < 4.78 is 1.01. The lowest BCUT2D eigenvalue weighted by atomic mass is 10.2. The van der Waals surface area contributed by atoms with Crippen molar-refractivity contribution in [3.05, 3.63) is 28.2 Å². The van der Waals surface area contributed by atoms with E-state index in [0.29, 0.717) is 5.56 Å². The third kappa shape index (κ3) is 1.77. The molecule has 0 unspecified atom stereocenters. The zero-order valence-corrected chi connectivity index (χ0v) is 8.59. The van der Waals surface area contributed by atoms with Crippen LogP contribution in [0.2, 0.25) is 0 Å². The summed E-state index contributed by atoms with van der Waals surface area (Å²) in [4.78, 5) is 1.96. The van der Waals surface area contributed by atoms with Gasteiger partial charge in [-0.25, -0.2) is 0 Å². The molecule has 0 N–H and O–H groups in total. The fourth-order valence-electron chi connectivity index (χ4n) is 0.925. The first-order valence-electron chi connectivity index (χ1n) is 3.52. The van der Waals surface area contributed by atoms with Crippen LogP contribution in [-0.4, -0.2) is 14.1 Å². The molecule has 12 heavy (non-hydrogen) atoms. The molecule has 0 radical (unpaired) electrons. The van der Waals surface area contributed by atoms with Gasteiger partial charge in [-0.3, -0.25) is 0 Å². The van der Waals surface area contributed by atoms with E-state index >= 15 is 0 Å². The fraction of sp³-hybridized carbons (Fsp3) is 0.222. The van der Waals surface area contributed by atoms with Gasteiger partial charge < -0.3 is 4.90 Å². The van der Waals surface area contributed by atoms with Gasteiger partial charge in [-0.1, -0.05) is 0 Å². The zero-order chi connectivity index (χ0) is 9.14. The summed E-state index contributed by atoms with van der Waals surface area (Å²) in [5.41, 5.74) is 1.70. The predicted octanol–water partition coefficient (Wildman–Crippen LogP) is 2.39. The maximum absolute atomic E-state index is 8.65. The summed E-state index contributed by atoms with van der Waals surface area (Å²) in [5.74, 6) is 0. The highest BCUT2D eigenvalue weighted by atomic mass is 79.9. The van der Waals surface area contributed by atoms with Crippen LogP contribution in [0.15, 0.2) is 22.7 Å². The second kappa shape index (κ2) is 3.59. The van der Waals surface area contributed by atoms with Gasteiger partial charge in [0.05, 0.1) is 17.3 Å². The maximum Gasteiger partial charge on any atom is 0.0992 e. The van der Waals surface area contributed by atoms with Crippen molar-refractivity contribution in [2.24, 2.45) is 0 Å². The first kappa shape index (κ1) is 9.08. The Bertz CT molecular complexity index is 326. The molecule has 0 bridgehead atoms. The molecular weight excluding hydrogens is 216 g/mol. The molecule has 0 heterocycles. The first-order valence-corrected chi connectivity index (χ1v) is 4.31. The molecule has 0 saturated heterocycles. The molecule has 0 fully saturated rings. The minimum Gasteiger partial charge on any atom is -0.377 e. The predicted molar refractivity (Wildman–Crippen MR) is 53.2 cm³/mol. The van der Waals surface area contributed by atoms with Crippen molar-refractivity contribution in [2.75, 3.05) is 19.0 Å². The van der Waals surface area contributed by atoms with Crippen molar-refractivity contribution in [3.8, 4) is 6.07 Å². The Morgan fingerprint density at radius 1 is 1.42 bits per heavy atom. The highest BCUT2D eigenvalue weighted by Gasteiger charge is 2.02. The van der Waals surface area contributed by atoms with E-state index in [1.165, 1.54) is 0 Å². The summed E-state index contributed by atoms with van der Waals surface area (Å²) >= 11 is 3.41. The normalized spacial score (nSPS) is 9.17. The summed E-state index contributed by atoms with van der Waals surface area (Å²) in [6, 6.07) is 7.62. The van der Waals surface area contributed by atoms with Crippen LogP contribution in [0.25, 0.3) is 0 Å². The molecule has 0 saturated carbocycles. The number of rotatable bonds is 1. The van der Waals surface area contributed by atoms with Crippen LogP contribution >= 0.6 is 15.9 Å². The van der Waals surface area contributed by atoms with Crippen molar-refractivity contribution in [1.29, 1.82) is 5.26 Å². The van der Waals surface area contributed by atoms with E-state index in [1.807, 2.05) is 31.1 Å². The van der Waals surface area contributed by atoms with Gasteiger partial charge in [-0.2, -0.15) is 5.26 Å². The molecular formula is C9H9BrN2. The summed E-state index contributed by atoms with van der Waals surface area (Å²) in [7, 11) is 3.89. The van der Waals surface area contributed by atoms with E-state index in [9.17, 15) is 0 Å². The molecule has 1 aromatic rings. The Balaban J connectivity index is 3.19. The van der Waals surface area contributed by atoms with Gasteiger partial charge in [0.2, 0.25) is 0 Å². The van der Waals surface area contributed by atoms with Gasteiger partial charge in [0.25, 0.3) is 0 Å². The smallest absolute Gasteiger partial charge is 0.0992 e. The Hall–Kier alpha value is -1.01. The Labute approximate surface area is 80.5 Å². The van der Waals surface area contributed by atoms with Crippen LogP contribution in [0.3, 0.4) is 0 Å². The lowest BCUT2D eigenvalue weighted by Crippen LogP contribution is -2.09. The van der Waals surface area contributed by atoms with Crippen molar-refractivity contribution in [2.45, 2.75) is 0 Å². The molecule has 0 amide bonds. The summed E-state index contributed by atoms with van der Waals surface area (Å²) in [6.45, 7) is 0. The van der Waals surface area contributed by atoms with Crippen LogP contribution in [0.1, 0.15) is 5.56 Å². The first-order chi connectivity index (χ1) is 5.65. The van der Waals surface area contributed by atoms with Gasteiger partial charge in [-0.05, 0) is 34.1 Å². The molecule has 0 aliphatic carbocycles. The van der Waals surface area contributed by atoms with Crippen molar-refractivity contribution < 1.29 is 0 Å². The van der Waals surface area contributed by atoms with E-state index in [2.05, 4.69) is 22.0 Å². The molecule has 0 aromatic heterocycles. The Morgan fingerprint density at radius 2 is 2.08 bits per heavy atom. The van der Waals surface area contributed by atoms with Crippen LogP contribution in [0, 0.1) is 11.3 Å². The topological polar surface area (TPSA) is 27.0 Å². The number of benzene rings is 1. The molecule has 1 rings (SSSR count). The Kier molecular flexibility index (Phi) is 2.72. The van der Waals surface area contributed by atoms with Crippen LogP contribution in [0.5, 0.6) is 0 Å². The average Bonchev–Trinajstić information content (AvgIpc) is 2.05. The lowest BCUT2D eigenvalue weighted by Gasteiger charge is -2.14. The molecule has 2 nitrogen and oxygen atoms in total. The molecule has 0 spiro atoms. The summed E-state index contributed by atoms with van der Waals surface area (Å²) in [6.07, 6.45) is 0. The van der Waals surface area contributed by atoms with E-state index in [0.717, 1.165) is 10.2 Å². The fourth-order valence-corrected chi connectivity index (χ4v) is 1.53. The van der Waals surface area contributed by atoms with Gasteiger partial charge in [0.1, 0.15) is 0 Å². The second-order valence-corrected chi connectivity index (χ2v) is 3.53. The quantitative estimate of drug-likeness (QED) is 0.733. The number of anilines is 1. The maximum atomic E-state index is 8.65. The van der Waals surface area contributed by atoms with E-state index < -0.39 is 0 Å². The van der Waals surface area contributed by atoms with Crippen LogP contribution in [-0.2, 0) is 0 Å². The largest absolute Gasteiger partial charge is 0.377 e. The molecule has 62 valence electrons. The van der Waals surface area contributed by atoms with Crippen molar-refractivity contribution in [3.63, 3.8) is 0 Å². The van der Waals surface area contributed by atoms with E-state index in [1.54, 1.807) is 6.07 Å². The van der Waals surface area contributed by atoms with Gasteiger partial charge in [0.15, 0.2) is 0 Å². The summed E-state index contributed by atoms with van der Waals surface area (Å²) in [5, 5.41) is 8.65. The number of nitrogens with zero attached hydrogens (tertiary/aromatic N) is 2. The molecule has 0 aliphatic rings. The average molecular weight is 225 g/mol. The highest BCUT2D eigenvalue weighted by Crippen LogP contribution is 2.25. The Morgan fingerprint density at radius 3 is 2.58 bits per heavy atom. The molecule has 1 aromatic carbocycles. The standard InChI is InChI=1S/C9H9BrN2/c1-12(2)9-5-7(6-11)3-4-8(9)10/h3-5H,1-2H3. The van der Waals surface area contributed by atoms with Crippen LogP contribution < -0.4 is 4.90 Å². The number of nitriles is 1. The van der Waals surface area contributed by atoms with Crippen LogP contribution in [0.4, 0.5) is 5.69 Å². The second-order valence-electron chi connectivity index (χ2n) is 2.67. The number of halogens is 1.